The number of aryl methyl sites for hydroxylation is 1. The highest BCUT2D eigenvalue weighted by molar-refractivity contribution is 5.92. The van der Waals surface area contributed by atoms with Crippen LogP contribution in [0.5, 0.6) is 0 Å². The molecule has 0 saturated carbocycles. The first-order chi connectivity index (χ1) is 13.5. The molecule has 0 atom stereocenters. The van der Waals surface area contributed by atoms with Crippen molar-refractivity contribution in [2.24, 2.45) is 0 Å². The van der Waals surface area contributed by atoms with Crippen molar-refractivity contribution in [3.05, 3.63) is 35.7 Å². The van der Waals surface area contributed by atoms with Crippen molar-refractivity contribution in [1.82, 2.24) is 15.0 Å². The number of rotatable bonds is 4. The Morgan fingerprint density at radius 2 is 1.69 bits per heavy atom. The minimum absolute atomic E-state index is 0.123. The fraction of sp³-hybridized carbons (Fsp3) is 0.476. The molecule has 154 valence electrons. The molecule has 29 heavy (non-hydrogen) atoms. The van der Waals surface area contributed by atoms with E-state index in [1.165, 1.54) is 0 Å². The van der Waals surface area contributed by atoms with Gasteiger partial charge >= 0.3 is 5.97 Å². The topological polar surface area (TPSA) is 103 Å². The SMILES string of the molecule is Cc1noc(-c2ccc(C(=O)OCC(=O)N3C(C)(C)CC(=O)CC3(C)C)cc2)n1. The van der Waals surface area contributed by atoms with Gasteiger partial charge in [0.25, 0.3) is 11.8 Å². The number of nitrogens with zero attached hydrogens (tertiary/aromatic N) is 3. The first-order valence-electron chi connectivity index (χ1n) is 9.42. The number of ether oxygens (including phenoxy) is 1. The lowest BCUT2D eigenvalue weighted by Crippen LogP contribution is -2.63. The number of likely N-dealkylation sites (tertiary alicyclic amines) is 1. The predicted octanol–water partition coefficient (Wildman–Crippen LogP) is 2.95. The molecule has 0 N–H and O–H groups in total. The first kappa shape index (κ1) is 20.7. The zero-order valence-corrected chi connectivity index (χ0v) is 17.3. The van der Waals surface area contributed by atoms with E-state index in [9.17, 15) is 14.4 Å². The molecule has 3 rings (SSSR count). The normalized spacial score (nSPS) is 17.8. The van der Waals surface area contributed by atoms with E-state index in [0.717, 1.165) is 0 Å². The fourth-order valence-electron chi connectivity index (χ4n) is 4.12. The minimum Gasteiger partial charge on any atom is -0.452 e. The van der Waals surface area contributed by atoms with Crippen LogP contribution in [0.3, 0.4) is 0 Å². The summed E-state index contributed by atoms with van der Waals surface area (Å²) in [6, 6.07) is 6.51. The molecule has 1 amide bonds. The summed E-state index contributed by atoms with van der Waals surface area (Å²) in [6.07, 6.45) is 0.569. The molecule has 1 aliphatic rings. The van der Waals surface area contributed by atoms with Crippen LogP contribution in [0.4, 0.5) is 0 Å². The molecule has 2 aromatic rings. The summed E-state index contributed by atoms with van der Waals surface area (Å²) in [4.78, 5) is 43.0. The van der Waals surface area contributed by atoms with E-state index in [1.54, 1.807) is 36.1 Å². The predicted molar refractivity (Wildman–Crippen MR) is 104 cm³/mol. The zero-order valence-electron chi connectivity index (χ0n) is 17.3. The molecule has 1 saturated heterocycles. The van der Waals surface area contributed by atoms with Gasteiger partial charge in [0.05, 0.1) is 5.56 Å². The van der Waals surface area contributed by atoms with Crippen LogP contribution in [0, 0.1) is 6.92 Å². The summed E-state index contributed by atoms with van der Waals surface area (Å²) < 4.78 is 10.3. The zero-order chi connectivity index (χ0) is 21.4. The summed E-state index contributed by atoms with van der Waals surface area (Å²) in [5.74, 6) is 0.0839. The molecule has 2 heterocycles. The van der Waals surface area contributed by atoms with Crippen LogP contribution < -0.4 is 0 Å². The van der Waals surface area contributed by atoms with Crippen LogP contribution in [0.1, 0.15) is 56.7 Å². The number of esters is 1. The molecule has 0 radical (unpaired) electrons. The Morgan fingerprint density at radius 1 is 1.10 bits per heavy atom. The molecule has 1 aromatic heterocycles. The monoisotopic (exact) mass is 399 g/mol. The van der Waals surface area contributed by atoms with Gasteiger partial charge in [-0.2, -0.15) is 4.98 Å². The molecule has 0 spiro atoms. The number of amides is 1. The molecule has 0 aliphatic carbocycles. The van der Waals surface area contributed by atoms with Gasteiger partial charge in [-0.05, 0) is 58.9 Å². The van der Waals surface area contributed by atoms with Crippen molar-refractivity contribution >= 4 is 17.7 Å². The van der Waals surface area contributed by atoms with Crippen LogP contribution in [0.2, 0.25) is 0 Å². The summed E-state index contributed by atoms with van der Waals surface area (Å²) in [7, 11) is 0. The van der Waals surface area contributed by atoms with Crippen LogP contribution in [0.15, 0.2) is 28.8 Å². The number of hydrogen-bond donors (Lipinski definition) is 0. The molecule has 8 nitrogen and oxygen atoms in total. The average Bonchev–Trinajstić information content (AvgIpc) is 3.03. The van der Waals surface area contributed by atoms with Crippen LogP contribution in [-0.2, 0) is 14.3 Å². The quantitative estimate of drug-likeness (QED) is 0.728. The van der Waals surface area contributed by atoms with Crippen molar-refractivity contribution in [2.75, 3.05) is 6.61 Å². The van der Waals surface area contributed by atoms with Crippen molar-refractivity contribution in [3.63, 3.8) is 0 Å². The van der Waals surface area contributed by atoms with Crippen molar-refractivity contribution < 1.29 is 23.6 Å². The van der Waals surface area contributed by atoms with Gasteiger partial charge in [0.1, 0.15) is 5.78 Å². The molecule has 1 fully saturated rings. The third-order valence-corrected chi connectivity index (χ3v) is 4.94. The Bertz CT molecular complexity index is 923. The van der Waals surface area contributed by atoms with Crippen molar-refractivity contribution in [2.45, 2.75) is 58.5 Å². The lowest BCUT2D eigenvalue weighted by molar-refractivity contribution is -0.156. The molecular weight excluding hydrogens is 374 g/mol. The standard InChI is InChI=1S/C21H25N3O5/c1-13-22-18(29-23-13)14-6-8-15(9-7-14)19(27)28-12-17(26)24-20(2,3)10-16(25)11-21(24,4)5/h6-9H,10-12H2,1-5H3. The smallest absolute Gasteiger partial charge is 0.338 e. The molecule has 0 unspecified atom stereocenters. The highest BCUT2D eigenvalue weighted by atomic mass is 16.5. The Balaban J connectivity index is 1.65. The van der Waals surface area contributed by atoms with E-state index < -0.39 is 17.0 Å². The second-order valence-corrected chi connectivity index (χ2v) is 8.55. The molecule has 1 aromatic carbocycles. The van der Waals surface area contributed by atoms with Crippen molar-refractivity contribution in [3.8, 4) is 11.5 Å². The van der Waals surface area contributed by atoms with E-state index in [0.29, 0.717) is 22.8 Å². The Labute approximate surface area is 169 Å². The third kappa shape index (κ3) is 4.36. The van der Waals surface area contributed by atoms with E-state index in [2.05, 4.69) is 10.1 Å². The number of piperidine rings is 1. The van der Waals surface area contributed by atoms with E-state index >= 15 is 0 Å². The molecule has 0 bridgehead atoms. The van der Waals surface area contributed by atoms with Gasteiger partial charge in [0, 0.05) is 29.5 Å². The van der Waals surface area contributed by atoms with Crippen LogP contribution >= 0.6 is 0 Å². The maximum absolute atomic E-state index is 12.8. The fourth-order valence-corrected chi connectivity index (χ4v) is 4.12. The van der Waals surface area contributed by atoms with Crippen LogP contribution in [0.25, 0.3) is 11.5 Å². The number of carbonyl (C=O) groups excluding carboxylic acids is 3. The minimum atomic E-state index is -0.633. The Morgan fingerprint density at radius 3 is 2.21 bits per heavy atom. The first-order valence-corrected chi connectivity index (χ1v) is 9.42. The Kier molecular flexibility index (Phi) is 5.30. The Hall–Kier alpha value is -3.03. The molecular formula is C21H25N3O5. The van der Waals surface area contributed by atoms with Gasteiger partial charge in [0.15, 0.2) is 12.4 Å². The van der Waals surface area contributed by atoms with E-state index in [-0.39, 0.29) is 31.1 Å². The van der Waals surface area contributed by atoms with Crippen molar-refractivity contribution in [1.29, 1.82) is 0 Å². The van der Waals surface area contributed by atoms with Gasteiger partial charge in [-0.1, -0.05) is 5.16 Å². The number of Topliss-reactive ketones (excluding diaryl/α,β-unsaturated/α-hetero) is 1. The number of benzene rings is 1. The van der Waals surface area contributed by atoms with Gasteiger partial charge in [-0.3, -0.25) is 9.59 Å². The van der Waals surface area contributed by atoms with Crippen LogP contribution in [-0.4, -0.2) is 50.4 Å². The molecule has 1 aliphatic heterocycles. The van der Waals surface area contributed by atoms with E-state index in [1.807, 2.05) is 27.7 Å². The third-order valence-electron chi connectivity index (χ3n) is 4.94. The second-order valence-electron chi connectivity index (χ2n) is 8.55. The maximum Gasteiger partial charge on any atom is 0.338 e. The number of aromatic nitrogens is 2. The lowest BCUT2D eigenvalue weighted by atomic mass is 9.79. The van der Waals surface area contributed by atoms with E-state index in [4.69, 9.17) is 9.26 Å². The van der Waals surface area contributed by atoms with Gasteiger partial charge in [-0.25, -0.2) is 4.79 Å². The highest BCUT2D eigenvalue weighted by Crippen LogP contribution is 2.36. The average molecular weight is 399 g/mol. The number of ketones is 1. The largest absolute Gasteiger partial charge is 0.452 e. The second kappa shape index (κ2) is 7.42. The van der Waals surface area contributed by atoms with Gasteiger partial charge in [-0.15, -0.1) is 0 Å². The summed E-state index contributed by atoms with van der Waals surface area (Å²) >= 11 is 0. The molecule has 8 heteroatoms. The maximum atomic E-state index is 12.8. The van der Waals surface area contributed by atoms with Gasteiger partial charge in [0.2, 0.25) is 0 Å². The summed E-state index contributed by atoms with van der Waals surface area (Å²) in [5, 5.41) is 3.73. The number of carbonyl (C=O) groups is 3. The highest BCUT2D eigenvalue weighted by Gasteiger charge is 2.47. The summed E-state index contributed by atoms with van der Waals surface area (Å²) in [6.45, 7) is 8.74. The summed E-state index contributed by atoms with van der Waals surface area (Å²) in [5.41, 5.74) is -0.275. The lowest BCUT2D eigenvalue weighted by Gasteiger charge is -2.51. The number of hydrogen-bond acceptors (Lipinski definition) is 7. The van der Waals surface area contributed by atoms with Gasteiger partial charge < -0.3 is 14.2 Å².